The topological polar surface area (TPSA) is 0 Å². The van der Waals surface area contributed by atoms with Crippen molar-refractivity contribution in [3.05, 3.63) is 40.6 Å². The molecule has 1 aromatic rings. The molecule has 0 aliphatic carbocycles. The van der Waals surface area contributed by atoms with Crippen molar-refractivity contribution in [2.24, 2.45) is 5.92 Å². The summed E-state index contributed by atoms with van der Waals surface area (Å²) >= 11 is 0.132. The quantitative estimate of drug-likeness (QED) is 0.695. The molecule has 0 fully saturated rings. The second-order valence-electron chi connectivity index (χ2n) is 4.44. The van der Waals surface area contributed by atoms with Crippen LogP contribution in [0.15, 0.2) is 40.6 Å². The van der Waals surface area contributed by atoms with Gasteiger partial charge in [-0.25, -0.2) is 0 Å². The molecule has 0 aliphatic heterocycles. The first-order valence-corrected chi connectivity index (χ1v) is 7.98. The van der Waals surface area contributed by atoms with E-state index in [0.29, 0.717) is 12.3 Å². The molecule has 0 atom stereocenters. The number of allylic oxidation sites excluding steroid dienone is 2. The summed E-state index contributed by atoms with van der Waals surface area (Å²) in [7, 11) is 0. The van der Waals surface area contributed by atoms with Gasteiger partial charge in [0, 0.05) is 0 Å². The van der Waals surface area contributed by atoms with Crippen molar-refractivity contribution in [2.45, 2.75) is 40.0 Å². The van der Waals surface area contributed by atoms with E-state index in [1.54, 1.807) is 0 Å². The number of hydrogen-bond acceptors (Lipinski definition) is 0. The van der Waals surface area contributed by atoms with Gasteiger partial charge in [0.2, 0.25) is 0 Å². The SMILES string of the molecule is CCCC/C(F)=C(\[Se]c1ccccc1)C(C)C. The van der Waals surface area contributed by atoms with Gasteiger partial charge in [-0.05, 0) is 0 Å². The van der Waals surface area contributed by atoms with Crippen LogP contribution in [0.5, 0.6) is 0 Å². The zero-order chi connectivity index (χ0) is 12.7. The fourth-order valence-corrected chi connectivity index (χ4v) is 3.65. The van der Waals surface area contributed by atoms with Crippen LogP contribution in [0.4, 0.5) is 4.39 Å². The van der Waals surface area contributed by atoms with Crippen molar-refractivity contribution >= 4 is 19.4 Å². The van der Waals surface area contributed by atoms with E-state index in [2.05, 4.69) is 32.9 Å². The average Bonchev–Trinajstić information content (AvgIpc) is 2.34. The molecule has 0 bridgehead atoms. The van der Waals surface area contributed by atoms with E-state index in [1.165, 1.54) is 4.46 Å². The van der Waals surface area contributed by atoms with Crippen molar-refractivity contribution in [2.75, 3.05) is 0 Å². The van der Waals surface area contributed by atoms with E-state index in [0.717, 1.165) is 17.3 Å². The zero-order valence-electron chi connectivity index (χ0n) is 10.9. The average molecular weight is 299 g/mol. The molecule has 0 radical (unpaired) electrons. The summed E-state index contributed by atoms with van der Waals surface area (Å²) in [6.45, 7) is 6.28. The van der Waals surface area contributed by atoms with Gasteiger partial charge < -0.3 is 0 Å². The normalized spacial score (nSPS) is 12.8. The van der Waals surface area contributed by atoms with Crippen molar-refractivity contribution in [3.8, 4) is 0 Å². The summed E-state index contributed by atoms with van der Waals surface area (Å²) in [5.74, 6) is 0.442. The van der Waals surface area contributed by atoms with Crippen molar-refractivity contribution in [3.63, 3.8) is 0 Å². The molecule has 0 spiro atoms. The zero-order valence-corrected chi connectivity index (χ0v) is 12.6. The van der Waals surface area contributed by atoms with Gasteiger partial charge in [0.1, 0.15) is 0 Å². The standard InChI is InChI=1S/C15H21FSe/c1-4-5-11-14(16)15(12(2)3)17-13-9-7-6-8-10-13/h6-10,12H,4-5,11H2,1-3H3/b15-14+. The maximum atomic E-state index is 14.1. The first kappa shape index (κ1) is 14.5. The van der Waals surface area contributed by atoms with Gasteiger partial charge in [-0.1, -0.05) is 0 Å². The van der Waals surface area contributed by atoms with Crippen LogP contribution in [-0.4, -0.2) is 15.0 Å². The van der Waals surface area contributed by atoms with Crippen LogP contribution in [0.1, 0.15) is 40.0 Å². The fraction of sp³-hybridized carbons (Fsp3) is 0.467. The molecule has 2 heteroatoms. The van der Waals surface area contributed by atoms with Gasteiger partial charge in [-0.3, -0.25) is 0 Å². The Morgan fingerprint density at radius 1 is 1.24 bits per heavy atom. The van der Waals surface area contributed by atoms with Crippen LogP contribution >= 0.6 is 0 Å². The maximum absolute atomic E-state index is 14.1. The van der Waals surface area contributed by atoms with Crippen LogP contribution in [-0.2, 0) is 0 Å². The molecule has 0 saturated carbocycles. The third-order valence-corrected chi connectivity index (χ3v) is 5.49. The molecule has 0 aliphatic rings. The number of unbranched alkanes of at least 4 members (excludes halogenated alkanes) is 1. The van der Waals surface area contributed by atoms with Crippen molar-refractivity contribution in [1.29, 1.82) is 0 Å². The molecular formula is C15H21FSe. The van der Waals surface area contributed by atoms with Gasteiger partial charge in [0.05, 0.1) is 0 Å². The molecule has 0 unspecified atom stereocenters. The summed E-state index contributed by atoms with van der Waals surface area (Å²) in [5.41, 5.74) is 0. The van der Waals surface area contributed by atoms with Gasteiger partial charge in [0.15, 0.2) is 0 Å². The van der Waals surface area contributed by atoms with Gasteiger partial charge >= 0.3 is 110 Å². The minimum atomic E-state index is 0.130. The summed E-state index contributed by atoms with van der Waals surface area (Å²) in [6, 6.07) is 10.2. The molecule has 0 saturated heterocycles. The predicted octanol–water partition coefficient (Wildman–Crippen LogP) is 4.04. The number of benzene rings is 1. The molecule has 0 heterocycles. The Labute approximate surface area is 110 Å². The van der Waals surface area contributed by atoms with E-state index in [9.17, 15) is 4.39 Å². The molecular weight excluding hydrogens is 278 g/mol. The minimum absolute atomic E-state index is 0.130. The third-order valence-electron chi connectivity index (χ3n) is 2.51. The van der Waals surface area contributed by atoms with Crippen LogP contribution in [0.25, 0.3) is 0 Å². The molecule has 0 amide bonds. The van der Waals surface area contributed by atoms with Gasteiger partial charge in [-0.15, -0.1) is 0 Å². The summed E-state index contributed by atoms with van der Waals surface area (Å²) < 4.78 is 16.4. The Balaban J connectivity index is 2.79. The Morgan fingerprint density at radius 2 is 1.88 bits per heavy atom. The van der Waals surface area contributed by atoms with Crippen molar-refractivity contribution in [1.82, 2.24) is 0 Å². The van der Waals surface area contributed by atoms with Crippen LogP contribution < -0.4 is 4.46 Å². The Morgan fingerprint density at radius 3 is 2.41 bits per heavy atom. The van der Waals surface area contributed by atoms with E-state index in [4.69, 9.17) is 0 Å². The van der Waals surface area contributed by atoms with Crippen LogP contribution in [0.3, 0.4) is 0 Å². The number of rotatable bonds is 6. The first-order valence-electron chi connectivity index (χ1n) is 6.26. The molecule has 94 valence electrons. The monoisotopic (exact) mass is 300 g/mol. The Kier molecular flexibility index (Phi) is 6.54. The summed E-state index contributed by atoms with van der Waals surface area (Å²) in [6.07, 6.45) is 2.61. The van der Waals surface area contributed by atoms with E-state index in [1.807, 2.05) is 18.2 Å². The Bertz CT molecular complexity index is 354. The number of hydrogen-bond donors (Lipinski definition) is 0. The summed E-state index contributed by atoms with van der Waals surface area (Å²) in [5, 5.41) is 0. The van der Waals surface area contributed by atoms with E-state index >= 15 is 0 Å². The molecule has 17 heavy (non-hydrogen) atoms. The fourth-order valence-electron chi connectivity index (χ4n) is 1.56. The van der Waals surface area contributed by atoms with Gasteiger partial charge in [-0.2, -0.15) is 0 Å². The van der Waals surface area contributed by atoms with Crippen LogP contribution in [0.2, 0.25) is 0 Å². The summed E-state index contributed by atoms with van der Waals surface area (Å²) in [4.78, 5) is 0. The van der Waals surface area contributed by atoms with Crippen molar-refractivity contribution < 1.29 is 4.39 Å². The first-order chi connectivity index (χ1) is 8.15. The second kappa shape index (κ2) is 7.68. The van der Waals surface area contributed by atoms with E-state index < -0.39 is 0 Å². The molecule has 1 rings (SSSR count). The molecule has 0 nitrogen and oxygen atoms in total. The molecule has 0 aromatic heterocycles. The second-order valence-corrected chi connectivity index (χ2v) is 6.78. The Hall–Kier alpha value is -0.591. The molecule has 1 aromatic carbocycles. The molecule has 0 N–H and O–H groups in total. The van der Waals surface area contributed by atoms with Gasteiger partial charge in [0.25, 0.3) is 0 Å². The van der Waals surface area contributed by atoms with Crippen LogP contribution in [0, 0.1) is 5.92 Å². The third kappa shape index (κ3) is 5.06. The van der Waals surface area contributed by atoms with E-state index in [-0.39, 0.29) is 20.8 Å². The number of halogens is 1. The predicted molar refractivity (Wildman–Crippen MR) is 74.3 cm³/mol.